The average molecular weight is 260 g/mol. The Morgan fingerprint density at radius 1 is 1.53 bits per heavy atom. The Bertz CT molecular complexity index is 539. The largest absolute Gasteiger partial charge is 0.489 e. The Morgan fingerprint density at radius 3 is 3.05 bits per heavy atom. The second-order valence-corrected chi connectivity index (χ2v) is 4.13. The first-order valence-electron chi connectivity index (χ1n) is 5.84. The number of allylic oxidation sites excluding steroid dienone is 1. The molecule has 0 aromatic heterocycles. The van der Waals surface area contributed by atoms with E-state index in [0.717, 1.165) is 0 Å². The van der Waals surface area contributed by atoms with E-state index in [0.29, 0.717) is 17.1 Å². The molecule has 1 aliphatic heterocycles. The van der Waals surface area contributed by atoms with Gasteiger partial charge in [-0.05, 0) is 30.5 Å². The summed E-state index contributed by atoms with van der Waals surface area (Å²) in [7, 11) is 1.67. The fourth-order valence-corrected chi connectivity index (χ4v) is 1.77. The fraction of sp³-hybridized carbons (Fsp3) is 0.231. The standard InChI is InChI=1S/C13H16N4O2/c1-17-11-7-9(16-6-2-5-14)3-4-12(11)19-8-10(15)13(17)18/h2-7,10H,8,14-15H2,1H3/t10-/m0/s1. The van der Waals surface area contributed by atoms with E-state index < -0.39 is 6.04 Å². The Hall–Kier alpha value is -2.34. The summed E-state index contributed by atoms with van der Waals surface area (Å²) in [6.07, 6.45) is 4.59. The van der Waals surface area contributed by atoms with E-state index in [-0.39, 0.29) is 12.5 Å². The number of aliphatic imine (C=N–C) groups is 1. The third-order valence-electron chi connectivity index (χ3n) is 2.79. The molecule has 0 radical (unpaired) electrons. The zero-order chi connectivity index (χ0) is 13.8. The number of likely N-dealkylation sites (N-methyl/N-ethyl adjacent to an activating group) is 1. The van der Waals surface area contributed by atoms with Crippen LogP contribution in [0, 0.1) is 0 Å². The van der Waals surface area contributed by atoms with Gasteiger partial charge in [0.2, 0.25) is 5.91 Å². The molecule has 1 aliphatic rings. The van der Waals surface area contributed by atoms with Crippen LogP contribution in [0.25, 0.3) is 0 Å². The van der Waals surface area contributed by atoms with Gasteiger partial charge < -0.3 is 21.1 Å². The van der Waals surface area contributed by atoms with E-state index >= 15 is 0 Å². The minimum absolute atomic E-state index is 0.175. The van der Waals surface area contributed by atoms with E-state index in [2.05, 4.69) is 4.99 Å². The first-order valence-corrected chi connectivity index (χ1v) is 5.84. The second kappa shape index (κ2) is 5.53. The van der Waals surface area contributed by atoms with Gasteiger partial charge in [0, 0.05) is 13.3 Å². The molecule has 100 valence electrons. The highest BCUT2D eigenvalue weighted by Gasteiger charge is 2.26. The van der Waals surface area contributed by atoms with Crippen molar-refractivity contribution in [2.45, 2.75) is 6.04 Å². The molecule has 0 unspecified atom stereocenters. The molecule has 0 aliphatic carbocycles. The summed E-state index contributed by atoms with van der Waals surface area (Å²) in [6.45, 7) is 0.175. The first kappa shape index (κ1) is 13.1. The number of fused-ring (bicyclic) bond motifs is 1. The lowest BCUT2D eigenvalue weighted by molar-refractivity contribution is -0.119. The molecule has 1 amide bonds. The van der Waals surface area contributed by atoms with Crippen LogP contribution in [-0.2, 0) is 4.79 Å². The highest BCUT2D eigenvalue weighted by molar-refractivity contribution is 5.99. The van der Waals surface area contributed by atoms with Crippen molar-refractivity contribution < 1.29 is 9.53 Å². The minimum Gasteiger partial charge on any atom is -0.489 e. The molecule has 1 aromatic rings. The predicted molar refractivity (Wildman–Crippen MR) is 74.8 cm³/mol. The molecule has 19 heavy (non-hydrogen) atoms. The number of ether oxygens (including phenoxy) is 1. The van der Waals surface area contributed by atoms with Crippen LogP contribution in [0.15, 0.2) is 35.5 Å². The van der Waals surface area contributed by atoms with Crippen molar-refractivity contribution in [2.75, 3.05) is 18.6 Å². The van der Waals surface area contributed by atoms with E-state index in [9.17, 15) is 4.79 Å². The Kier molecular flexibility index (Phi) is 3.82. The summed E-state index contributed by atoms with van der Waals surface area (Å²) in [6, 6.07) is 4.70. The van der Waals surface area contributed by atoms with Crippen molar-refractivity contribution in [1.29, 1.82) is 0 Å². The molecule has 0 saturated carbocycles. The quantitative estimate of drug-likeness (QED) is 0.759. The van der Waals surface area contributed by atoms with E-state index in [1.807, 2.05) is 0 Å². The SMILES string of the molecule is CN1C(=O)[C@@H](N)COc2ccc(N=CC=CN)cc21. The van der Waals surface area contributed by atoms with Gasteiger partial charge in [0.25, 0.3) is 0 Å². The van der Waals surface area contributed by atoms with Gasteiger partial charge >= 0.3 is 0 Å². The lowest BCUT2D eigenvalue weighted by Gasteiger charge is -2.17. The topological polar surface area (TPSA) is 93.9 Å². The van der Waals surface area contributed by atoms with Crippen molar-refractivity contribution >= 4 is 23.5 Å². The number of nitrogens with zero attached hydrogens (tertiary/aromatic N) is 2. The van der Waals surface area contributed by atoms with Gasteiger partial charge in [-0.1, -0.05) is 0 Å². The number of nitrogens with two attached hydrogens (primary N) is 2. The lowest BCUT2D eigenvalue weighted by Crippen LogP contribution is -2.43. The molecule has 1 heterocycles. The number of hydrogen-bond acceptors (Lipinski definition) is 5. The Balaban J connectivity index is 2.36. The van der Waals surface area contributed by atoms with Crippen molar-refractivity contribution in [3.8, 4) is 5.75 Å². The maximum atomic E-state index is 11.9. The highest BCUT2D eigenvalue weighted by Crippen LogP contribution is 2.33. The summed E-state index contributed by atoms with van der Waals surface area (Å²) < 4.78 is 5.51. The molecule has 6 heteroatoms. The van der Waals surface area contributed by atoms with Gasteiger partial charge in [0.1, 0.15) is 18.4 Å². The predicted octanol–water partition coefficient (Wildman–Crippen LogP) is 0.544. The number of hydrogen-bond donors (Lipinski definition) is 2. The van der Waals surface area contributed by atoms with Gasteiger partial charge in [-0.15, -0.1) is 0 Å². The van der Waals surface area contributed by atoms with Crippen LogP contribution in [-0.4, -0.2) is 31.8 Å². The lowest BCUT2D eigenvalue weighted by atomic mass is 10.2. The van der Waals surface area contributed by atoms with Crippen LogP contribution in [0.4, 0.5) is 11.4 Å². The highest BCUT2D eigenvalue weighted by atomic mass is 16.5. The van der Waals surface area contributed by atoms with Gasteiger partial charge in [-0.2, -0.15) is 0 Å². The molecule has 0 bridgehead atoms. The number of carbonyl (C=O) groups is 1. The zero-order valence-electron chi connectivity index (χ0n) is 10.6. The normalized spacial score (nSPS) is 19.6. The number of anilines is 1. The van der Waals surface area contributed by atoms with Crippen molar-refractivity contribution in [1.82, 2.24) is 0 Å². The third kappa shape index (κ3) is 2.74. The van der Waals surface area contributed by atoms with Gasteiger partial charge in [-0.25, -0.2) is 0 Å². The number of rotatable bonds is 2. The molecule has 0 spiro atoms. The van der Waals surface area contributed by atoms with Gasteiger partial charge in [0.05, 0.1) is 11.4 Å². The molecular formula is C13H16N4O2. The van der Waals surface area contributed by atoms with E-state index in [1.165, 1.54) is 11.1 Å². The summed E-state index contributed by atoms with van der Waals surface area (Å²) >= 11 is 0. The van der Waals surface area contributed by atoms with Crippen LogP contribution >= 0.6 is 0 Å². The van der Waals surface area contributed by atoms with Crippen molar-refractivity contribution in [2.24, 2.45) is 16.5 Å². The van der Waals surface area contributed by atoms with Crippen LogP contribution in [0.1, 0.15) is 0 Å². The third-order valence-corrected chi connectivity index (χ3v) is 2.79. The number of amides is 1. The zero-order valence-corrected chi connectivity index (χ0v) is 10.6. The van der Waals surface area contributed by atoms with Gasteiger partial charge in [0.15, 0.2) is 0 Å². The second-order valence-electron chi connectivity index (χ2n) is 4.13. The summed E-state index contributed by atoms with van der Waals surface area (Å²) in [5.74, 6) is 0.443. The maximum Gasteiger partial charge on any atom is 0.247 e. The summed E-state index contributed by atoms with van der Waals surface area (Å²) in [5.41, 5.74) is 12.3. The van der Waals surface area contributed by atoms with Gasteiger partial charge in [-0.3, -0.25) is 9.79 Å². The van der Waals surface area contributed by atoms with Crippen LogP contribution in [0.3, 0.4) is 0 Å². The van der Waals surface area contributed by atoms with E-state index in [4.69, 9.17) is 16.2 Å². The van der Waals surface area contributed by atoms with Crippen molar-refractivity contribution in [3.05, 3.63) is 30.5 Å². The first-order chi connectivity index (χ1) is 9.13. The van der Waals surface area contributed by atoms with Crippen molar-refractivity contribution in [3.63, 3.8) is 0 Å². The Morgan fingerprint density at radius 2 is 2.32 bits per heavy atom. The molecule has 2 rings (SSSR count). The van der Waals surface area contributed by atoms with Crippen LogP contribution in [0.2, 0.25) is 0 Å². The molecule has 1 aromatic carbocycles. The smallest absolute Gasteiger partial charge is 0.247 e. The van der Waals surface area contributed by atoms with Crippen LogP contribution in [0.5, 0.6) is 5.75 Å². The molecule has 6 nitrogen and oxygen atoms in total. The number of carbonyl (C=O) groups excluding carboxylic acids is 1. The molecule has 0 saturated heterocycles. The monoisotopic (exact) mass is 260 g/mol. The van der Waals surface area contributed by atoms with E-state index in [1.54, 1.807) is 37.5 Å². The minimum atomic E-state index is -0.649. The summed E-state index contributed by atoms with van der Waals surface area (Å²) in [5, 5.41) is 0. The maximum absolute atomic E-state index is 11.9. The Labute approximate surface area is 111 Å². The molecular weight excluding hydrogens is 244 g/mol. The average Bonchev–Trinajstić information content (AvgIpc) is 2.52. The summed E-state index contributed by atoms with van der Waals surface area (Å²) in [4.78, 5) is 17.6. The fourth-order valence-electron chi connectivity index (χ4n) is 1.77. The van der Waals surface area contributed by atoms with Crippen LogP contribution < -0.4 is 21.1 Å². The molecule has 4 N–H and O–H groups in total. The number of benzene rings is 1. The molecule has 0 fully saturated rings. The molecule has 1 atom stereocenters.